The van der Waals surface area contributed by atoms with Crippen molar-refractivity contribution >= 4 is 33.1 Å². The van der Waals surface area contributed by atoms with E-state index in [9.17, 15) is 9.59 Å². The molecule has 0 unspecified atom stereocenters. The summed E-state index contributed by atoms with van der Waals surface area (Å²) in [4.78, 5) is 35.9. The van der Waals surface area contributed by atoms with Crippen LogP contribution in [-0.4, -0.2) is 43.5 Å². The quantitative estimate of drug-likeness (QED) is 0.551. The van der Waals surface area contributed by atoms with E-state index in [-0.39, 0.29) is 11.5 Å². The number of carbonyl (C=O) groups is 1. The zero-order valence-electron chi connectivity index (χ0n) is 17.0. The number of likely N-dealkylation sites (tertiary alicyclic amines) is 1. The molecule has 1 aromatic carbocycles. The van der Waals surface area contributed by atoms with Gasteiger partial charge in [0.05, 0.1) is 21.6 Å². The van der Waals surface area contributed by atoms with Gasteiger partial charge in [-0.3, -0.25) is 14.7 Å². The first-order chi connectivity index (χ1) is 14.5. The summed E-state index contributed by atoms with van der Waals surface area (Å²) >= 11 is 1.77. The second kappa shape index (κ2) is 7.36. The lowest BCUT2D eigenvalue weighted by Gasteiger charge is -2.31. The highest BCUT2D eigenvalue weighted by Gasteiger charge is 2.27. The number of aryl methyl sites for hydroxylation is 2. The Kier molecular flexibility index (Phi) is 4.66. The van der Waals surface area contributed by atoms with Gasteiger partial charge in [0.2, 0.25) is 5.91 Å². The molecule has 0 spiro atoms. The SMILES string of the molecule is Cc1nc2cc(=O)[nH]n2c(C)c1CC(=O)N1CCC(c2nc3ccccc3s2)CC1. The lowest BCUT2D eigenvalue weighted by Crippen LogP contribution is -2.39. The number of nitrogens with zero attached hydrogens (tertiary/aromatic N) is 4. The lowest BCUT2D eigenvalue weighted by molar-refractivity contribution is -0.131. The van der Waals surface area contributed by atoms with Crippen LogP contribution in [-0.2, 0) is 11.2 Å². The monoisotopic (exact) mass is 421 g/mol. The summed E-state index contributed by atoms with van der Waals surface area (Å²) in [5.41, 5.74) is 4.00. The highest BCUT2D eigenvalue weighted by atomic mass is 32.1. The molecular weight excluding hydrogens is 398 g/mol. The van der Waals surface area contributed by atoms with Gasteiger partial charge in [0, 0.05) is 42.0 Å². The summed E-state index contributed by atoms with van der Waals surface area (Å²) < 4.78 is 2.89. The van der Waals surface area contributed by atoms with Crippen molar-refractivity contribution in [2.45, 2.75) is 39.0 Å². The number of hydrogen-bond acceptors (Lipinski definition) is 5. The molecule has 0 bridgehead atoms. The maximum atomic E-state index is 13.0. The van der Waals surface area contributed by atoms with Crippen molar-refractivity contribution in [3.05, 3.63) is 62.6 Å². The van der Waals surface area contributed by atoms with E-state index in [1.54, 1.807) is 15.9 Å². The Labute approximate surface area is 177 Å². The smallest absolute Gasteiger partial charge is 0.266 e. The Bertz CT molecular complexity index is 1280. The summed E-state index contributed by atoms with van der Waals surface area (Å²) in [5, 5.41) is 3.93. The van der Waals surface area contributed by atoms with E-state index in [4.69, 9.17) is 4.98 Å². The molecular formula is C22H23N5O2S. The van der Waals surface area contributed by atoms with Crippen LogP contribution in [0.4, 0.5) is 0 Å². The number of amides is 1. The number of nitrogens with one attached hydrogen (secondary N) is 1. The first-order valence-electron chi connectivity index (χ1n) is 10.2. The molecule has 1 fully saturated rings. The number of benzene rings is 1. The average molecular weight is 422 g/mol. The number of fused-ring (bicyclic) bond motifs is 2. The van der Waals surface area contributed by atoms with Crippen molar-refractivity contribution in [2.75, 3.05) is 13.1 Å². The summed E-state index contributed by atoms with van der Waals surface area (Å²) in [5.74, 6) is 0.525. The first-order valence-corrected chi connectivity index (χ1v) is 11.0. The van der Waals surface area contributed by atoms with E-state index >= 15 is 0 Å². The predicted octanol–water partition coefficient (Wildman–Crippen LogP) is 3.20. The fourth-order valence-electron chi connectivity index (χ4n) is 4.31. The van der Waals surface area contributed by atoms with Crippen LogP contribution < -0.4 is 5.56 Å². The van der Waals surface area contributed by atoms with Gasteiger partial charge in [-0.1, -0.05) is 12.1 Å². The molecule has 4 heterocycles. The molecule has 1 saturated heterocycles. The van der Waals surface area contributed by atoms with Crippen molar-refractivity contribution in [3.8, 4) is 0 Å². The topological polar surface area (TPSA) is 83.4 Å². The summed E-state index contributed by atoms with van der Waals surface area (Å²) in [6.07, 6.45) is 2.17. The van der Waals surface area contributed by atoms with Crippen molar-refractivity contribution in [2.24, 2.45) is 0 Å². The normalized spacial score (nSPS) is 15.3. The van der Waals surface area contributed by atoms with Crippen LogP contribution in [0.5, 0.6) is 0 Å². The zero-order chi connectivity index (χ0) is 20.8. The average Bonchev–Trinajstić information content (AvgIpc) is 3.34. The molecule has 1 aliphatic heterocycles. The van der Waals surface area contributed by atoms with Crippen LogP contribution in [0.2, 0.25) is 0 Å². The van der Waals surface area contributed by atoms with Gasteiger partial charge in [-0.25, -0.2) is 14.5 Å². The second-order valence-corrected chi connectivity index (χ2v) is 8.99. The molecule has 30 heavy (non-hydrogen) atoms. The maximum Gasteiger partial charge on any atom is 0.266 e. The van der Waals surface area contributed by atoms with Gasteiger partial charge >= 0.3 is 0 Å². The molecule has 1 amide bonds. The molecule has 4 aromatic rings. The number of rotatable bonds is 3. The maximum absolute atomic E-state index is 13.0. The van der Waals surface area contributed by atoms with Crippen molar-refractivity contribution in [3.63, 3.8) is 0 Å². The number of aromatic amines is 1. The summed E-state index contributed by atoms with van der Waals surface area (Å²) in [6.45, 7) is 5.30. The van der Waals surface area contributed by atoms with Crippen LogP contribution in [0.3, 0.4) is 0 Å². The third-order valence-electron chi connectivity index (χ3n) is 6.04. The third-order valence-corrected chi connectivity index (χ3v) is 7.24. The van der Waals surface area contributed by atoms with Crippen molar-refractivity contribution < 1.29 is 4.79 Å². The van der Waals surface area contributed by atoms with Crippen LogP contribution in [0.15, 0.2) is 35.1 Å². The van der Waals surface area contributed by atoms with Crippen molar-refractivity contribution in [1.29, 1.82) is 0 Å². The summed E-state index contributed by atoms with van der Waals surface area (Å²) in [7, 11) is 0. The fourth-order valence-corrected chi connectivity index (χ4v) is 5.45. The van der Waals surface area contributed by atoms with Crippen LogP contribution in [0, 0.1) is 13.8 Å². The van der Waals surface area contributed by atoms with Gasteiger partial charge in [-0.15, -0.1) is 11.3 Å². The van der Waals surface area contributed by atoms with Crippen molar-refractivity contribution in [1.82, 2.24) is 24.5 Å². The highest BCUT2D eigenvalue weighted by molar-refractivity contribution is 7.18. The predicted molar refractivity (Wildman–Crippen MR) is 117 cm³/mol. The molecule has 5 rings (SSSR count). The number of hydrogen-bond donors (Lipinski definition) is 1. The lowest BCUT2D eigenvalue weighted by atomic mass is 9.97. The molecule has 7 nitrogen and oxygen atoms in total. The molecule has 3 aromatic heterocycles. The molecule has 0 saturated carbocycles. The van der Waals surface area contributed by atoms with E-state index in [1.807, 2.05) is 30.9 Å². The molecule has 1 aliphatic rings. The van der Waals surface area contributed by atoms with Gasteiger partial charge in [0.1, 0.15) is 0 Å². The Hall–Kier alpha value is -3.00. The molecule has 0 radical (unpaired) electrons. The van der Waals surface area contributed by atoms with E-state index in [1.165, 1.54) is 15.8 Å². The fraction of sp³-hybridized carbons (Fsp3) is 0.364. The number of piperidine rings is 1. The minimum absolute atomic E-state index is 0.111. The van der Waals surface area contributed by atoms with E-state index in [2.05, 4.69) is 22.2 Å². The van der Waals surface area contributed by atoms with Gasteiger partial charge in [-0.2, -0.15) is 0 Å². The zero-order valence-corrected chi connectivity index (χ0v) is 17.8. The number of H-pyrrole nitrogens is 1. The Morgan fingerprint density at radius 3 is 2.73 bits per heavy atom. The molecule has 0 aliphatic carbocycles. The van der Waals surface area contributed by atoms with E-state index < -0.39 is 0 Å². The second-order valence-electron chi connectivity index (χ2n) is 7.93. The minimum Gasteiger partial charge on any atom is -0.342 e. The Morgan fingerprint density at radius 1 is 1.20 bits per heavy atom. The Balaban J connectivity index is 1.29. The third kappa shape index (κ3) is 3.31. The largest absolute Gasteiger partial charge is 0.342 e. The molecule has 8 heteroatoms. The number of aromatic nitrogens is 4. The molecule has 154 valence electrons. The number of para-hydroxylation sites is 1. The number of thiazole rings is 1. The van der Waals surface area contributed by atoms with Gasteiger partial charge in [-0.05, 0) is 38.8 Å². The molecule has 0 atom stereocenters. The van der Waals surface area contributed by atoms with Crippen LogP contribution in [0.1, 0.15) is 40.7 Å². The van der Waals surface area contributed by atoms with Gasteiger partial charge in [0.25, 0.3) is 5.56 Å². The Morgan fingerprint density at radius 2 is 1.97 bits per heavy atom. The summed E-state index contributed by atoms with van der Waals surface area (Å²) in [6, 6.07) is 9.71. The minimum atomic E-state index is -0.189. The van der Waals surface area contributed by atoms with E-state index in [0.29, 0.717) is 18.0 Å². The molecule has 1 N–H and O–H groups in total. The highest BCUT2D eigenvalue weighted by Crippen LogP contribution is 2.34. The van der Waals surface area contributed by atoms with Crippen LogP contribution >= 0.6 is 11.3 Å². The van der Waals surface area contributed by atoms with E-state index in [0.717, 1.165) is 48.4 Å². The van der Waals surface area contributed by atoms with Crippen LogP contribution in [0.25, 0.3) is 15.9 Å². The first kappa shape index (κ1) is 19.0. The van der Waals surface area contributed by atoms with Gasteiger partial charge < -0.3 is 4.90 Å². The van der Waals surface area contributed by atoms with Gasteiger partial charge in [0.15, 0.2) is 5.65 Å². The number of carbonyl (C=O) groups excluding carboxylic acids is 1. The standard InChI is InChI=1S/C22H23N5O2S/c1-13-16(14(2)27-19(23-13)12-20(28)25-27)11-21(29)26-9-7-15(8-10-26)22-24-17-5-3-4-6-18(17)30-22/h3-6,12,15H,7-11H2,1-2H3,(H,25,28).